The number of rotatable bonds is 1. The average Bonchev–Trinajstić information content (AvgIpc) is 2.72. The summed E-state index contributed by atoms with van der Waals surface area (Å²) in [6.07, 6.45) is 0. The van der Waals surface area contributed by atoms with Gasteiger partial charge in [-0.25, -0.2) is 0 Å². The van der Waals surface area contributed by atoms with Gasteiger partial charge in [-0.3, -0.25) is 4.79 Å². The van der Waals surface area contributed by atoms with Crippen LogP contribution in [0.1, 0.15) is 0 Å². The highest BCUT2D eigenvalue weighted by Crippen LogP contribution is 2.31. The zero-order valence-corrected chi connectivity index (χ0v) is 10.9. The van der Waals surface area contributed by atoms with Crippen molar-refractivity contribution in [2.24, 2.45) is 0 Å². The highest BCUT2D eigenvalue weighted by atomic mass is 35.5. The Kier molecular flexibility index (Phi) is 2.65. The van der Waals surface area contributed by atoms with Gasteiger partial charge in [0.1, 0.15) is 5.56 Å². The van der Waals surface area contributed by atoms with Gasteiger partial charge < -0.3 is 10.8 Å². The second-order valence-corrected chi connectivity index (χ2v) is 5.12. The van der Waals surface area contributed by atoms with Crippen molar-refractivity contribution in [1.82, 2.24) is 14.6 Å². The molecule has 96 valence electrons. The van der Waals surface area contributed by atoms with E-state index in [0.29, 0.717) is 10.6 Å². The maximum absolute atomic E-state index is 12.3. The van der Waals surface area contributed by atoms with Crippen molar-refractivity contribution in [3.63, 3.8) is 0 Å². The molecule has 3 aromatic rings. The number of hydrogen-bond acceptors (Lipinski definition) is 6. The van der Waals surface area contributed by atoms with E-state index in [4.69, 9.17) is 17.3 Å². The number of nitrogens with two attached hydrogens (primary N) is 1. The fourth-order valence-electron chi connectivity index (χ4n) is 1.75. The summed E-state index contributed by atoms with van der Waals surface area (Å²) >= 11 is 7.04. The molecule has 19 heavy (non-hydrogen) atoms. The highest BCUT2D eigenvalue weighted by Gasteiger charge is 2.18. The first-order valence-electron chi connectivity index (χ1n) is 5.21. The standard InChI is InChI=1S/C11H7ClN4O2S/c12-6-4-2-1-3-5(6)7-8(17)14-11-16(9(7)18)15-10(13)19-11/h1-4,17H,(H2,13,15). The van der Waals surface area contributed by atoms with Crippen molar-refractivity contribution in [2.75, 3.05) is 5.73 Å². The zero-order chi connectivity index (χ0) is 13.6. The Bertz CT molecular complexity index is 842. The number of aromatic nitrogens is 3. The molecule has 0 amide bonds. The van der Waals surface area contributed by atoms with Crippen LogP contribution < -0.4 is 11.3 Å². The van der Waals surface area contributed by atoms with E-state index < -0.39 is 5.56 Å². The summed E-state index contributed by atoms with van der Waals surface area (Å²) in [7, 11) is 0. The van der Waals surface area contributed by atoms with Crippen LogP contribution in [0.25, 0.3) is 16.1 Å². The van der Waals surface area contributed by atoms with Gasteiger partial charge in [0, 0.05) is 10.6 Å². The average molecular weight is 295 g/mol. The van der Waals surface area contributed by atoms with Gasteiger partial charge in [0.15, 0.2) is 0 Å². The van der Waals surface area contributed by atoms with Crippen LogP contribution >= 0.6 is 22.9 Å². The van der Waals surface area contributed by atoms with Crippen LogP contribution in [0.5, 0.6) is 5.88 Å². The molecular formula is C11H7ClN4O2S. The van der Waals surface area contributed by atoms with Crippen molar-refractivity contribution in [3.05, 3.63) is 39.6 Å². The van der Waals surface area contributed by atoms with E-state index >= 15 is 0 Å². The first-order chi connectivity index (χ1) is 9.08. The minimum absolute atomic E-state index is 0.00778. The number of hydrogen-bond donors (Lipinski definition) is 2. The Morgan fingerprint density at radius 2 is 2.11 bits per heavy atom. The highest BCUT2D eigenvalue weighted by molar-refractivity contribution is 7.20. The van der Waals surface area contributed by atoms with Crippen molar-refractivity contribution in [3.8, 4) is 17.0 Å². The molecule has 0 spiro atoms. The minimum atomic E-state index is -0.511. The van der Waals surface area contributed by atoms with Gasteiger partial charge in [0.05, 0.1) is 0 Å². The van der Waals surface area contributed by atoms with Crippen molar-refractivity contribution in [2.45, 2.75) is 0 Å². The van der Waals surface area contributed by atoms with E-state index in [0.717, 1.165) is 15.9 Å². The summed E-state index contributed by atoms with van der Waals surface area (Å²) in [4.78, 5) is 16.5. The number of nitrogen functional groups attached to an aromatic ring is 1. The smallest absolute Gasteiger partial charge is 0.287 e. The SMILES string of the molecule is Nc1nn2c(=O)c(-c3ccccc3Cl)c(O)nc2s1. The Labute approximate surface area is 115 Å². The largest absolute Gasteiger partial charge is 0.493 e. The predicted octanol–water partition coefficient (Wildman–Crippen LogP) is 1.76. The third kappa shape index (κ3) is 1.83. The second kappa shape index (κ2) is 4.22. The van der Waals surface area contributed by atoms with Crippen LogP contribution in [0, 0.1) is 0 Å². The molecule has 3 rings (SSSR count). The Balaban J connectivity index is 2.42. The number of fused-ring (bicyclic) bond motifs is 1. The lowest BCUT2D eigenvalue weighted by Crippen LogP contribution is -2.17. The molecule has 0 unspecified atom stereocenters. The van der Waals surface area contributed by atoms with Gasteiger partial charge in [-0.15, -0.1) is 5.10 Å². The van der Waals surface area contributed by atoms with Crippen molar-refractivity contribution < 1.29 is 5.11 Å². The fraction of sp³-hybridized carbons (Fsp3) is 0. The van der Waals surface area contributed by atoms with Crippen molar-refractivity contribution >= 4 is 33.0 Å². The van der Waals surface area contributed by atoms with Crippen LogP contribution in [0.4, 0.5) is 5.13 Å². The van der Waals surface area contributed by atoms with Gasteiger partial charge in [0.25, 0.3) is 5.56 Å². The normalized spacial score (nSPS) is 11.0. The summed E-state index contributed by atoms with van der Waals surface area (Å²) in [5.74, 6) is -0.387. The first-order valence-corrected chi connectivity index (χ1v) is 6.40. The molecule has 1 aromatic carbocycles. The molecule has 0 saturated heterocycles. The molecule has 0 saturated carbocycles. The predicted molar refractivity (Wildman–Crippen MR) is 73.7 cm³/mol. The van der Waals surface area contributed by atoms with Gasteiger partial charge >= 0.3 is 0 Å². The molecule has 0 atom stereocenters. The lowest BCUT2D eigenvalue weighted by Gasteiger charge is -2.05. The third-order valence-electron chi connectivity index (χ3n) is 2.55. The summed E-state index contributed by atoms with van der Waals surface area (Å²) in [6, 6.07) is 6.69. The molecular weight excluding hydrogens is 288 g/mol. The topological polar surface area (TPSA) is 93.5 Å². The number of benzene rings is 1. The van der Waals surface area contributed by atoms with Gasteiger partial charge in [0.2, 0.25) is 16.0 Å². The monoisotopic (exact) mass is 294 g/mol. The van der Waals surface area contributed by atoms with E-state index in [2.05, 4.69) is 10.1 Å². The molecule has 8 heteroatoms. The molecule has 3 N–H and O–H groups in total. The maximum Gasteiger partial charge on any atom is 0.287 e. The van der Waals surface area contributed by atoms with Gasteiger partial charge in [-0.1, -0.05) is 41.1 Å². The molecule has 2 heterocycles. The molecule has 0 fully saturated rings. The summed E-state index contributed by atoms with van der Waals surface area (Å²) in [5.41, 5.74) is 5.43. The Hall–Kier alpha value is -2.12. The molecule has 2 aromatic heterocycles. The lowest BCUT2D eigenvalue weighted by molar-refractivity contribution is 0.455. The maximum atomic E-state index is 12.3. The van der Waals surface area contributed by atoms with E-state index in [1.165, 1.54) is 0 Å². The summed E-state index contributed by atoms with van der Waals surface area (Å²) in [6.45, 7) is 0. The van der Waals surface area contributed by atoms with Crippen LogP contribution in [0.2, 0.25) is 5.02 Å². The summed E-state index contributed by atoms with van der Waals surface area (Å²) < 4.78 is 1.05. The van der Waals surface area contributed by atoms with Crippen molar-refractivity contribution in [1.29, 1.82) is 0 Å². The molecule has 0 radical (unpaired) electrons. The van der Waals surface area contributed by atoms with E-state index in [1.807, 2.05) is 0 Å². The third-order valence-corrected chi connectivity index (χ3v) is 3.62. The molecule has 0 aliphatic rings. The molecule has 0 aliphatic heterocycles. The van der Waals surface area contributed by atoms with Gasteiger partial charge in [-0.2, -0.15) is 9.50 Å². The minimum Gasteiger partial charge on any atom is -0.493 e. The van der Waals surface area contributed by atoms with Gasteiger partial charge in [-0.05, 0) is 6.07 Å². The number of halogens is 1. The summed E-state index contributed by atoms with van der Waals surface area (Å²) in [5, 5.41) is 14.3. The Morgan fingerprint density at radius 1 is 1.37 bits per heavy atom. The lowest BCUT2D eigenvalue weighted by atomic mass is 10.1. The van der Waals surface area contributed by atoms with E-state index in [-0.39, 0.29) is 21.5 Å². The molecule has 0 aliphatic carbocycles. The van der Waals surface area contributed by atoms with Crippen LogP contribution in [0.3, 0.4) is 0 Å². The van der Waals surface area contributed by atoms with E-state index in [1.54, 1.807) is 24.3 Å². The fourth-order valence-corrected chi connectivity index (χ4v) is 2.63. The van der Waals surface area contributed by atoms with E-state index in [9.17, 15) is 9.90 Å². The number of aromatic hydroxyl groups is 1. The zero-order valence-electron chi connectivity index (χ0n) is 9.37. The molecule has 0 bridgehead atoms. The Morgan fingerprint density at radius 3 is 2.84 bits per heavy atom. The number of nitrogens with zero attached hydrogens (tertiary/aromatic N) is 3. The molecule has 6 nitrogen and oxygen atoms in total. The van der Waals surface area contributed by atoms with Crippen LogP contribution in [0.15, 0.2) is 29.1 Å². The van der Waals surface area contributed by atoms with Crippen LogP contribution in [-0.4, -0.2) is 19.7 Å². The quantitative estimate of drug-likeness (QED) is 0.713. The second-order valence-electron chi connectivity index (χ2n) is 3.73. The number of anilines is 1. The van der Waals surface area contributed by atoms with Crippen LogP contribution in [-0.2, 0) is 0 Å². The first kappa shape index (κ1) is 11.9.